The summed E-state index contributed by atoms with van der Waals surface area (Å²) in [6.07, 6.45) is 0. The first-order chi connectivity index (χ1) is 4.43. The number of hydrogen-bond acceptors (Lipinski definition) is 0. The van der Waals surface area contributed by atoms with Crippen molar-refractivity contribution in [3.05, 3.63) is 35.9 Å². The molecule has 0 fully saturated rings. The second kappa shape index (κ2) is 3.94. The Hall–Kier alpha value is 0.0187. The molecule has 1 rings (SSSR count). The molecule has 0 heterocycles. The Kier molecular flexibility index (Phi) is 3.12. The molecule has 1 aromatic carbocycles. The molecule has 0 saturated carbocycles. The van der Waals surface area contributed by atoms with Crippen LogP contribution in [0.2, 0.25) is 4.94 Å². The maximum absolute atomic E-state index is 2.41. The molecule has 0 saturated heterocycles. The van der Waals surface area contributed by atoms with Crippen molar-refractivity contribution in [3.63, 3.8) is 0 Å². The predicted octanol–water partition coefficient (Wildman–Crippen LogP) is 1.40. The summed E-state index contributed by atoms with van der Waals surface area (Å²) in [5.41, 5.74) is 1.54. The van der Waals surface area contributed by atoms with Gasteiger partial charge in [0.25, 0.3) is 0 Å². The second-order valence-electron chi connectivity index (χ2n) is 2.24. The third-order valence-electron chi connectivity index (χ3n) is 1.38. The van der Waals surface area contributed by atoms with Crippen LogP contribution in [0.1, 0.15) is 5.56 Å². The molecule has 1 heteroatoms. The topological polar surface area (TPSA) is 0 Å². The summed E-state index contributed by atoms with van der Waals surface area (Å²) >= 11 is -0.309. The molecule has 0 amide bonds. The minimum atomic E-state index is -0.309. The van der Waals surface area contributed by atoms with E-state index in [4.69, 9.17) is 0 Å². The van der Waals surface area contributed by atoms with Crippen LogP contribution in [0.15, 0.2) is 30.3 Å². The van der Waals surface area contributed by atoms with Gasteiger partial charge in [-0.05, 0) is 0 Å². The van der Waals surface area contributed by atoms with Gasteiger partial charge in [0, 0.05) is 0 Å². The van der Waals surface area contributed by atoms with Crippen molar-refractivity contribution in [3.8, 4) is 0 Å². The van der Waals surface area contributed by atoms with Gasteiger partial charge in [0.2, 0.25) is 0 Å². The molecule has 0 aliphatic carbocycles. The molecule has 0 aliphatic rings. The van der Waals surface area contributed by atoms with E-state index in [-0.39, 0.29) is 21.1 Å². The first kappa shape index (κ1) is 7.13. The molecule has 0 bridgehead atoms. The summed E-state index contributed by atoms with van der Waals surface area (Å²) in [5, 5.41) is 0. The van der Waals surface area contributed by atoms with E-state index in [1.807, 2.05) is 0 Å². The normalized spacial score (nSPS) is 10.8. The van der Waals surface area contributed by atoms with Crippen LogP contribution >= 0.6 is 0 Å². The van der Waals surface area contributed by atoms with E-state index in [0.29, 0.717) is 0 Å². The fourth-order valence-electron chi connectivity index (χ4n) is 0.933. The van der Waals surface area contributed by atoms with Crippen molar-refractivity contribution in [1.29, 1.82) is 0 Å². The first-order valence-corrected chi connectivity index (χ1v) is 10.4. The van der Waals surface area contributed by atoms with Crippen LogP contribution in [-0.2, 0) is 4.44 Å². The van der Waals surface area contributed by atoms with Gasteiger partial charge in [0.05, 0.1) is 0 Å². The summed E-state index contributed by atoms with van der Waals surface area (Å²) in [5.74, 6) is 0. The van der Waals surface area contributed by atoms with E-state index < -0.39 is 0 Å². The Balaban J connectivity index is 2.61. The van der Waals surface area contributed by atoms with Crippen LogP contribution in [-0.4, -0.2) is 21.1 Å². The van der Waals surface area contributed by atoms with Gasteiger partial charge in [0.1, 0.15) is 0 Å². The standard InChI is InChI=1S/C7H7.CH3.Sn.2H/c1-7-5-3-2-4-6-7;;;;/h2-6H,1H2;1H3;;;. The Bertz CT molecular complexity index is 157. The molecule has 0 aliphatic heterocycles. The Morgan fingerprint density at radius 1 is 1.22 bits per heavy atom. The summed E-state index contributed by atoms with van der Waals surface area (Å²) in [6, 6.07) is 10.8. The van der Waals surface area contributed by atoms with Gasteiger partial charge in [-0.3, -0.25) is 0 Å². The van der Waals surface area contributed by atoms with E-state index in [0.717, 1.165) is 0 Å². The Morgan fingerprint density at radius 2 is 1.89 bits per heavy atom. The molecule has 0 radical (unpaired) electrons. The molecule has 9 heavy (non-hydrogen) atoms. The summed E-state index contributed by atoms with van der Waals surface area (Å²) < 4.78 is 1.42. The molecule has 48 valence electrons. The number of hydrogen-bond donors (Lipinski definition) is 0. The van der Waals surface area contributed by atoms with E-state index in [1.54, 1.807) is 0 Å². The zero-order valence-corrected chi connectivity index (χ0v) is 9.84. The third-order valence-corrected chi connectivity index (χ3v) is 4.46. The molecule has 0 nitrogen and oxygen atoms in total. The quantitative estimate of drug-likeness (QED) is 0.670. The average Bonchev–Trinajstić information content (AvgIpc) is 1.91. The summed E-state index contributed by atoms with van der Waals surface area (Å²) in [6.45, 7) is 0. The van der Waals surface area contributed by atoms with Gasteiger partial charge < -0.3 is 0 Å². The second-order valence-corrected chi connectivity index (χ2v) is 6.52. The Labute approximate surface area is 66.5 Å². The average molecular weight is 227 g/mol. The van der Waals surface area contributed by atoms with E-state index in [1.165, 1.54) is 10.0 Å². The van der Waals surface area contributed by atoms with Gasteiger partial charge in [-0.2, -0.15) is 0 Å². The van der Waals surface area contributed by atoms with E-state index >= 15 is 0 Å². The van der Waals surface area contributed by atoms with Gasteiger partial charge in [0.15, 0.2) is 0 Å². The van der Waals surface area contributed by atoms with Gasteiger partial charge in [-0.15, -0.1) is 0 Å². The number of benzene rings is 1. The zero-order valence-electron chi connectivity index (χ0n) is 5.80. The van der Waals surface area contributed by atoms with Crippen LogP contribution in [0.3, 0.4) is 0 Å². The van der Waals surface area contributed by atoms with Gasteiger partial charge in [-0.25, -0.2) is 0 Å². The molecule has 0 unspecified atom stereocenters. The fraction of sp³-hybridized carbons (Fsp3) is 0.250. The third kappa shape index (κ3) is 2.39. The predicted molar refractivity (Wildman–Crippen MR) is 44.6 cm³/mol. The van der Waals surface area contributed by atoms with Crippen LogP contribution in [0.25, 0.3) is 0 Å². The van der Waals surface area contributed by atoms with Crippen molar-refractivity contribution >= 4 is 21.1 Å². The van der Waals surface area contributed by atoms with Gasteiger partial charge >= 0.3 is 66.4 Å². The fourth-order valence-corrected chi connectivity index (χ4v) is 3.53. The van der Waals surface area contributed by atoms with Crippen molar-refractivity contribution < 1.29 is 0 Å². The monoisotopic (exact) mass is 228 g/mol. The Morgan fingerprint density at radius 3 is 2.44 bits per heavy atom. The zero-order chi connectivity index (χ0) is 6.53. The molecule has 0 spiro atoms. The SMILES string of the molecule is [CH3][SnH2][CH2]c1ccccc1. The molecule has 0 N–H and O–H groups in total. The number of rotatable bonds is 2. The molecule has 1 aromatic rings. The molecule has 0 aromatic heterocycles. The molecular formula is C8H12Sn. The summed E-state index contributed by atoms with van der Waals surface area (Å²) in [4.78, 5) is 2.41. The van der Waals surface area contributed by atoms with E-state index in [9.17, 15) is 0 Å². The molecular weight excluding hydrogens is 215 g/mol. The van der Waals surface area contributed by atoms with Crippen molar-refractivity contribution in [2.45, 2.75) is 9.38 Å². The van der Waals surface area contributed by atoms with Crippen molar-refractivity contribution in [2.24, 2.45) is 0 Å². The van der Waals surface area contributed by atoms with Crippen LogP contribution in [0.4, 0.5) is 0 Å². The minimum absolute atomic E-state index is 0.309. The van der Waals surface area contributed by atoms with Crippen molar-refractivity contribution in [2.75, 3.05) is 0 Å². The van der Waals surface area contributed by atoms with Crippen LogP contribution in [0.5, 0.6) is 0 Å². The van der Waals surface area contributed by atoms with Gasteiger partial charge in [-0.1, -0.05) is 0 Å². The molecule has 0 atom stereocenters. The van der Waals surface area contributed by atoms with Crippen LogP contribution < -0.4 is 0 Å². The van der Waals surface area contributed by atoms with Crippen molar-refractivity contribution in [1.82, 2.24) is 0 Å². The van der Waals surface area contributed by atoms with Crippen LogP contribution in [0, 0.1) is 0 Å². The summed E-state index contributed by atoms with van der Waals surface area (Å²) in [7, 11) is 0. The first-order valence-electron chi connectivity index (χ1n) is 3.47. The maximum atomic E-state index is 2.41. The van der Waals surface area contributed by atoms with E-state index in [2.05, 4.69) is 35.3 Å².